The van der Waals surface area contributed by atoms with Crippen molar-refractivity contribution in [2.24, 2.45) is 0 Å². The first-order valence-corrected chi connectivity index (χ1v) is 7.47. The van der Waals surface area contributed by atoms with Crippen molar-refractivity contribution in [1.82, 2.24) is 20.3 Å². The first kappa shape index (κ1) is 13.9. The highest BCUT2D eigenvalue weighted by Gasteiger charge is 2.18. The van der Waals surface area contributed by atoms with Crippen molar-refractivity contribution in [1.29, 1.82) is 0 Å². The topological polar surface area (TPSA) is 62.7 Å². The largest absolute Gasteiger partial charge is 0.325 e. The van der Waals surface area contributed by atoms with Crippen LogP contribution in [0, 0.1) is 13.8 Å². The van der Waals surface area contributed by atoms with Gasteiger partial charge in [-0.05, 0) is 44.9 Å². The summed E-state index contributed by atoms with van der Waals surface area (Å²) in [6.45, 7) is 6.11. The Kier molecular flexibility index (Phi) is 4.10. The molecular weight excluding hydrogens is 262 g/mol. The molecule has 2 aromatic heterocycles. The molecule has 3 rings (SSSR count). The van der Waals surface area contributed by atoms with E-state index < -0.39 is 0 Å². The summed E-state index contributed by atoms with van der Waals surface area (Å²) in [6.07, 6.45) is 4.12. The number of piperidine rings is 1. The molecule has 0 unspecified atom stereocenters. The summed E-state index contributed by atoms with van der Waals surface area (Å²) in [7, 11) is 0. The van der Waals surface area contributed by atoms with E-state index >= 15 is 0 Å². The maximum atomic E-state index is 4.69. The Morgan fingerprint density at radius 2 is 2.19 bits per heavy atom. The predicted molar refractivity (Wildman–Crippen MR) is 83.9 cm³/mol. The van der Waals surface area contributed by atoms with Gasteiger partial charge in [-0.1, -0.05) is 6.07 Å². The normalized spacial score (nSPS) is 18.5. The van der Waals surface area contributed by atoms with Crippen molar-refractivity contribution in [2.75, 3.05) is 18.4 Å². The van der Waals surface area contributed by atoms with Crippen molar-refractivity contribution in [3.05, 3.63) is 41.5 Å². The highest BCUT2D eigenvalue weighted by molar-refractivity contribution is 5.55. The van der Waals surface area contributed by atoms with Crippen LogP contribution in [-0.2, 0) is 0 Å². The summed E-state index contributed by atoms with van der Waals surface area (Å²) in [5.41, 5.74) is 2.09. The zero-order chi connectivity index (χ0) is 14.7. The van der Waals surface area contributed by atoms with Crippen molar-refractivity contribution in [2.45, 2.75) is 32.6 Å². The van der Waals surface area contributed by atoms with E-state index in [1.165, 1.54) is 6.42 Å². The van der Waals surface area contributed by atoms with Crippen LogP contribution in [0.15, 0.2) is 24.4 Å². The van der Waals surface area contributed by atoms with Gasteiger partial charge < -0.3 is 10.6 Å². The van der Waals surface area contributed by atoms with Gasteiger partial charge in [0.2, 0.25) is 0 Å². The fraction of sp³-hybridized carbons (Fsp3) is 0.438. The van der Waals surface area contributed by atoms with E-state index in [0.717, 1.165) is 48.2 Å². The smallest absolute Gasteiger partial charge is 0.135 e. The number of nitrogens with zero attached hydrogens (tertiary/aromatic N) is 3. The second kappa shape index (κ2) is 6.18. The Morgan fingerprint density at radius 1 is 1.29 bits per heavy atom. The predicted octanol–water partition coefficient (Wildman–Crippen LogP) is 2.70. The number of nitrogens with one attached hydrogen (secondary N) is 2. The Morgan fingerprint density at radius 3 is 2.95 bits per heavy atom. The molecular formula is C16H21N5. The molecule has 5 nitrogen and oxygen atoms in total. The number of aryl methyl sites for hydroxylation is 2. The third kappa shape index (κ3) is 3.36. The van der Waals surface area contributed by atoms with Gasteiger partial charge in [0.1, 0.15) is 17.5 Å². The molecule has 1 fully saturated rings. The average molecular weight is 283 g/mol. The minimum atomic E-state index is 0.407. The van der Waals surface area contributed by atoms with Gasteiger partial charge in [-0.2, -0.15) is 0 Å². The second-order valence-corrected chi connectivity index (χ2v) is 5.59. The molecule has 3 heterocycles. The minimum absolute atomic E-state index is 0.407. The van der Waals surface area contributed by atoms with Crippen molar-refractivity contribution >= 4 is 11.6 Å². The standard InChI is InChI=1S/C16H21N5/c1-11-5-3-8-18-15(11)20-14-9-12(2)19-16(21-14)13-6-4-7-17-10-13/h3,5,8-9,13,17H,4,6-7,10H2,1-2H3,(H,18,19,20,21)/t13-/m1/s1. The van der Waals surface area contributed by atoms with Crippen LogP contribution in [0.2, 0.25) is 0 Å². The van der Waals surface area contributed by atoms with Crippen LogP contribution in [-0.4, -0.2) is 28.0 Å². The lowest BCUT2D eigenvalue weighted by Gasteiger charge is -2.22. The Hall–Kier alpha value is -2.01. The summed E-state index contributed by atoms with van der Waals surface area (Å²) in [5, 5.41) is 6.73. The van der Waals surface area contributed by atoms with Gasteiger partial charge in [0.25, 0.3) is 0 Å². The molecule has 0 radical (unpaired) electrons. The molecule has 5 heteroatoms. The quantitative estimate of drug-likeness (QED) is 0.907. The molecule has 1 atom stereocenters. The van der Waals surface area contributed by atoms with E-state index in [0.29, 0.717) is 5.92 Å². The van der Waals surface area contributed by atoms with Gasteiger partial charge in [-0.3, -0.25) is 0 Å². The first-order valence-electron chi connectivity index (χ1n) is 7.47. The van der Waals surface area contributed by atoms with Gasteiger partial charge in [0.15, 0.2) is 0 Å². The SMILES string of the molecule is Cc1cc(Nc2ncccc2C)nc([C@@H]2CCCNC2)n1. The van der Waals surface area contributed by atoms with Gasteiger partial charge in [-0.25, -0.2) is 15.0 Å². The molecule has 1 aliphatic heterocycles. The van der Waals surface area contributed by atoms with Crippen LogP contribution < -0.4 is 10.6 Å². The van der Waals surface area contributed by atoms with Crippen molar-refractivity contribution in [3.8, 4) is 0 Å². The van der Waals surface area contributed by atoms with Gasteiger partial charge in [0.05, 0.1) is 0 Å². The highest BCUT2D eigenvalue weighted by atomic mass is 15.1. The van der Waals surface area contributed by atoms with Crippen molar-refractivity contribution < 1.29 is 0 Å². The molecule has 110 valence electrons. The van der Waals surface area contributed by atoms with Crippen LogP contribution in [0.3, 0.4) is 0 Å². The number of anilines is 2. The Labute approximate surface area is 125 Å². The van der Waals surface area contributed by atoms with E-state index in [4.69, 9.17) is 4.98 Å². The monoisotopic (exact) mass is 283 g/mol. The number of rotatable bonds is 3. The maximum absolute atomic E-state index is 4.69. The van der Waals surface area contributed by atoms with Crippen LogP contribution in [0.5, 0.6) is 0 Å². The lowest BCUT2D eigenvalue weighted by molar-refractivity contribution is 0.446. The molecule has 2 N–H and O–H groups in total. The summed E-state index contributed by atoms with van der Waals surface area (Å²) < 4.78 is 0. The highest BCUT2D eigenvalue weighted by Crippen LogP contribution is 2.23. The minimum Gasteiger partial charge on any atom is -0.325 e. The Bertz CT molecular complexity index is 620. The molecule has 0 bridgehead atoms. The van der Waals surface area contributed by atoms with E-state index in [2.05, 4.69) is 20.6 Å². The molecule has 0 spiro atoms. The van der Waals surface area contributed by atoms with E-state index in [-0.39, 0.29) is 0 Å². The maximum Gasteiger partial charge on any atom is 0.135 e. The number of hydrogen-bond donors (Lipinski definition) is 2. The van der Waals surface area contributed by atoms with Gasteiger partial charge in [0, 0.05) is 30.4 Å². The van der Waals surface area contributed by atoms with Crippen LogP contribution in [0.25, 0.3) is 0 Å². The molecule has 0 saturated carbocycles. The summed E-state index contributed by atoms with van der Waals surface area (Å²) >= 11 is 0. The van der Waals surface area contributed by atoms with Crippen LogP contribution in [0.1, 0.15) is 35.8 Å². The Balaban J connectivity index is 1.85. The lowest BCUT2D eigenvalue weighted by atomic mass is 9.99. The molecule has 21 heavy (non-hydrogen) atoms. The number of aromatic nitrogens is 3. The summed E-state index contributed by atoms with van der Waals surface area (Å²) in [5.74, 6) is 3.01. The molecule has 2 aromatic rings. The molecule has 0 amide bonds. The van der Waals surface area contributed by atoms with Crippen LogP contribution in [0.4, 0.5) is 11.6 Å². The fourth-order valence-corrected chi connectivity index (χ4v) is 2.65. The lowest BCUT2D eigenvalue weighted by Crippen LogP contribution is -2.29. The average Bonchev–Trinajstić information content (AvgIpc) is 2.50. The molecule has 1 saturated heterocycles. The summed E-state index contributed by atoms with van der Waals surface area (Å²) in [6, 6.07) is 5.94. The fourth-order valence-electron chi connectivity index (χ4n) is 2.65. The third-order valence-electron chi connectivity index (χ3n) is 3.79. The van der Waals surface area contributed by atoms with E-state index in [1.807, 2.05) is 32.0 Å². The zero-order valence-corrected chi connectivity index (χ0v) is 12.6. The van der Waals surface area contributed by atoms with Gasteiger partial charge in [-0.15, -0.1) is 0 Å². The van der Waals surface area contributed by atoms with E-state index in [1.54, 1.807) is 6.20 Å². The molecule has 0 aliphatic carbocycles. The zero-order valence-electron chi connectivity index (χ0n) is 12.6. The molecule has 1 aliphatic rings. The third-order valence-corrected chi connectivity index (χ3v) is 3.79. The molecule has 0 aromatic carbocycles. The first-order chi connectivity index (χ1) is 10.2. The number of pyridine rings is 1. The second-order valence-electron chi connectivity index (χ2n) is 5.59. The number of hydrogen-bond acceptors (Lipinski definition) is 5. The summed E-state index contributed by atoms with van der Waals surface area (Å²) in [4.78, 5) is 13.7. The van der Waals surface area contributed by atoms with E-state index in [9.17, 15) is 0 Å². The van der Waals surface area contributed by atoms with Crippen LogP contribution >= 0.6 is 0 Å². The van der Waals surface area contributed by atoms with Crippen molar-refractivity contribution in [3.63, 3.8) is 0 Å². The van der Waals surface area contributed by atoms with Gasteiger partial charge >= 0.3 is 0 Å².